The van der Waals surface area contributed by atoms with E-state index < -0.39 is 5.82 Å². The number of rotatable bonds is 4. The third-order valence-corrected chi connectivity index (χ3v) is 4.17. The number of benzene rings is 1. The zero-order valence-electron chi connectivity index (χ0n) is 11.8. The highest BCUT2D eigenvalue weighted by molar-refractivity contribution is 8.00. The van der Waals surface area contributed by atoms with E-state index in [4.69, 9.17) is 11.6 Å². The number of carbonyl (C=O) groups excluding carboxylic acids is 1. The summed E-state index contributed by atoms with van der Waals surface area (Å²) < 4.78 is 14.6. The van der Waals surface area contributed by atoms with E-state index in [1.165, 1.54) is 41.0 Å². The summed E-state index contributed by atoms with van der Waals surface area (Å²) in [5.74, 6) is -0.698. The van der Waals surface area contributed by atoms with E-state index in [1.807, 2.05) is 0 Å². The van der Waals surface area contributed by atoms with E-state index >= 15 is 0 Å². The number of aryl methyl sites for hydroxylation is 1. The van der Waals surface area contributed by atoms with Gasteiger partial charge in [0.25, 0.3) is 0 Å². The average Bonchev–Trinajstić information content (AvgIpc) is 2.91. The molecular weight excluding hydrogens is 343 g/mol. The van der Waals surface area contributed by atoms with Crippen molar-refractivity contribution in [1.82, 2.24) is 25.0 Å². The molecule has 23 heavy (non-hydrogen) atoms. The van der Waals surface area contributed by atoms with Crippen LogP contribution in [0, 0.1) is 5.82 Å². The Bertz CT molecular complexity index is 886. The van der Waals surface area contributed by atoms with E-state index in [1.54, 1.807) is 7.05 Å². The molecule has 3 aromatic rings. The van der Waals surface area contributed by atoms with E-state index in [0.29, 0.717) is 21.9 Å². The van der Waals surface area contributed by atoms with Crippen LogP contribution in [0.4, 0.5) is 10.1 Å². The molecule has 0 saturated carbocycles. The lowest BCUT2D eigenvalue weighted by Gasteiger charge is -2.05. The lowest BCUT2D eigenvalue weighted by molar-refractivity contribution is -0.113. The van der Waals surface area contributed by atoms with Crippen molar-refractivity contribution in [2.24, 2.45) is 7.05 Å². The third-order valence-electron chi connectivity index (χ3n) is 2.90. The predicted octanol–water partition coefficient (Wildman–Crippen LogP) is 2.28. The Balaban J connectivity index is 1.67. The lowest BCUT2D eigenvalue weighted by atomic mass is 10.3. The standard InChI is InChI=1S/C13H10ClFN6OS/c1-21-12-11(19-20-21)13(17-6-16-12)23-5-10(22)18-7-2-3-9(15)8(14)4-7/h2-4,6H,5H2,1H3,(H,18,22). The van der Waals surface area contributed by atoms with Crippen LogP contribution in [0.5, 0.6) is 0 Å². The van der Waals surface area contributed by atoms with Crippen LogP contribution in [-0.2, 0) is 11.8 Å². The van der Waals surface area contributed by atoms with Gasteiger partial charge in [-0.1, -0.05) is 28.6 Å². The summed E-state index contributed by atoms with van der Waals surface area (Å²) in [6.07, 6.45) is 1.39. The summed E-state index contributed by atoms with van der Waals surface area (Å²) in [5.41, 5.74) is 1.56. The molecule has 0 atom stereocenters. The number of hydrogen-bond donors (Lipinski definition) is 1. The van der Waals surface area contributed by atoms with Crippen LogP contribution in [0.25, 0.3) is 11.2 Å². The van der Waals surface area contributed by atoms with Gasteiger partial charge in [-0.15, -0.1) is 5.10 Å². The van der Waals surface area contributed by atoms with Gasteiger partial charge in [-0.05, 0) is 18.2 Å². The summed E-state index contributed by atoms with van der Waals surface area (Å²) >= 11 is 6.88. The minimum absolute atomic E-state index is 0.0486. The Morgan fingerprint density at radius 3 is 3.04 bits per heavy atom. The maximum Gasteiger partial charge on any atom is 0.234 e. The van der Waals surface area contributed by atoms with Crippen molar-refractivity contribution in [2.75, 3.05) is 11.1 Å². The minimum atomic E-state index is -0.537. The number of fused-ring (bicyclic) bond motifs is 1. The van der Waals surface area contributed by atoms with Gasteiger partial charge in [0.15, 0.2) is 11.2 Å². The highest BCUT2D eigenvalue weighted by Gasteiger charge is 2.12. The number of carbonyl (C=O) groups is 1. The largest absolute Gasteiger partial charge is 0.325 e. The molecule has 10 heteroatoms. The van der Waals surface area contributed by atoms with Gasteiger partial charge in [0, 0.05) is 12.7 Å². The monoisotopic (exact) mass is 352 g/mol. The van der Waals surface area contributed by atoms with Crippen molar-refractivity contribution in [2.45, 2.75) is 5.03 Å². The van der Waals surface area contributed by atoms with Crippen LogP contribution in [0.3, 0.4) is 0 Å². The average molecular weight is 353 g/mol. The molecular formula is C13H10ClFN6OS. The van der Waals surface area contributed by atoms with E-state index in [9.17, 15) is 9.18 Å². The topological polar surface area (TPSA) is 85.6 Å². The van der Waals surface area contributed by atoms with Crippen LogP contribution >= 0.6 is 23.4 Å². The van der Waals surface area contributed by atoms with E-state index in [0.717, 1.165) is 0 Å². The van der Waals surface area contributed by atoms with Gasteiger partial charge in [-0.3, -0.25) is 4.79 Å². The zero-order chi connectivity index (χ0) is 16.4. The second-order valence-electron chi connectivity index (χ2n) is 4.53. The highest BCUT2D eigenvalue weighted by Crippen LogP contribution is 2.23. The lowest BCUT2D eigenvalue weighted by Crippen LogP contribution is -2.14. The summed E-state index contributed by atoms with van der Waals surface area (Å²) in [6.45, 7) is 0. The van der Waals surface area contributed by atoms with Crippen molar-refractivity contribution < 1.29 is 9.18 Å². The van der Waals surface area contributed by atoms with Gasteiger partial charge in [0.2, 0.25) is 5.91 Å². The predicted molar refractivity (Wildman–Crippen MR) is 84.9 cm³/mol. The van der Waals surface area contributed by atoms with Gasteiger partial charge in [0.05, 0.1) is 10.8 Å². The second-order valence-corrected chi connectivity index (χ2v) is 5.90. The molecule has 0 radical (unpaired) electrons. The number of amides is 1. The molecule has 0 bridgehead atoms. The molecule has 118 valence electrons. The van der Waals surface area contributed by atoms with Crippen molar-refractivity contribution in [1.29, 1.82) is 0 Å². The van der Waals surface area contributed by atoms with Crippen molar-refractivity contribution in [3.8, 4) is 0 Å². The fraction of sp³-hybridized carbons (Fsp3) is 0.154. The van der Waals surface area contributed by atoms with Gasteiger partial charge in [-0.25, -0.2) is 19.0 Å². The van der Waals surface area contributed by atoms with Gasteiger partial charge in [0.1, 0.15) is 17.2 Å². The molecule has 3 rings (SSSR count). The minimum Gasteiger partial charge on any atom is -0.325 e. The zero-order valence-corrected chi connectivity index (χ0v) is 13.4. The Labute approximate surface area is 139 Å². The molecule has 0 saturated heterocycles. The van der Waals surface area contributed by atoms with Crippen molar-refractivity contribution >= 4 is 46.1 Å². The highest BCUT2D eigenvalue weighted by atomic mass is 35.5. The number of nitrogens with one attached hydrogen (secondary N) is 1. The molecule has 1 amide bonds. The fourth-order valence-corrected chi connectivity index (χ4v) is 2.75. The Morgan fingerprint density at radius 1 is 1.43 bits per heavy atom. The molecule has 0 unspecified atom stereocenters. The van der Waals surface area contributed by atoms with Gasteiger partial charge < -0.3 is 5.32 Å². The van der Waals surface area contributed by atoms with Crippen LogP contribution in [-0.4, -0.2) is 36.6 Å². The first-order chi connectivity index (χ1) is 11.0. The fourth-order valence-electron chi connectivity index (χ4n) is 1.84. The summed E-state index contributed by atoms with van der Waals surface area (Å²) in [4.78, 5) is 20.2. The molecule has 0 aliphatic carbocycles. The van der Waals surface area contributed by atoms with E-state index in [2.05, 4.69) is 25.6 Å². The van der Waals surface area contributed by atoms with Crippen LogP contribution in [0.1, 0.15) is 0 Å². The first-order valence-corrected chi connectivity index (χ1v) is 7.79. The summed E-state index contributed by atoms with van der Waals surface area (Å²) in [7, 11) is 1.72. The van der Waals surface area contributed by atoms with Crippen LogP contribution in [0.2, 0.25) is 5.02 Å². The molecule has 2 aromatic heterocycles. The number of aromatic nitrogens is 5. The molecule has 7 nitrogen and oxygen atoms in total. The maximum absolute atomic E-state index is 13.1. The molecule has 2 heterocycles. The number of hydrogen-bond acceptors (Lipinski definition) is 6. The molecule has 0 aliphatic rings. The maximum atomic E-state index is 13.1. The molecule has 1 N–H and O–H groups in total. The molecule has 0 spiro atoms. The Kier molecular flexibility index (Phi) is 4.39. The van der Waals surface area contributed by atoms with Crippen LogP contribution < -0.4 is 5.32 Å². The second kappa shape index (κ2) is 6.47. The van der Waals surface area contributed by atoms with Crippen molar-refractivity contribution in [3.63, 3.8) is 0 Å². The molecule has 1 aromatic carbocycles. The van der Waals surface area contributed by atoms with Gasteiger partial charge in [-0.2, -0.15) is 0 Å². The smallest absolute Gasteiger partial charge is 0.234 e. The Hall–Kier alpha value is -2.26. The van der Waals surface area contributed by atoms with Crippen LogP contribution in [0.15, 0.2) is 29.6 Å². The first kappa shape index (κ1) is 15.6. The SMILES string of the molecule is Cn1nnc2c(SCC(=O)Nc3ccc(F)c(Cl)c3)ncnc21. The first-order valence-electron chi connectivity index (χ1n) is 6.42. The molecule has 0 fully saturated rings. The summed E-state index contributed by atoms with van der Waals surface area (Å²) in [6, 6.07) is 3.99. The third kappa shape index (κ3) is 3.40. The van der Waals surface area contributed by atoms with E-state index in [-0.39, 0.29) is 16.7 Å². The number of thioether (sulfide) groups is 1. The number of anilines is 1. The number of halogens is 2. The van der Waals surface area contributed by atoms with Gasteiger partial charge >= 0.3 is 0 Å². The molecule has 0 aliphatic heterocycles. The van der Waals surface area contributed by atoms with Crippen molar-refractivity contribution in [3.05, 3.63) is 35.4 Å². The quantitative estimate of drug-likeness (QED) is 0.572. The number of nitrogens with zero attached hydrogens (tertiary/aromatic N) is 5. The Morgan fingerprint density at radius 2 is 2.26 bits per heavy atom. The normalized spacial score (nSPS) is 10.9. The summed E-state index contributed by atoms with van der Waals surface area (Å²) in [5, 5.41) is 11.0.